The third kappa shape index (κ3) is 4.78. The molecular formula is C19H19F2NO4. The van der Waals surface area contributed by atoms with Crippen LogP contribution in [0.4, 0.5) is 8.78 Å². The Labute approximate surface area is 149 Å². The van der Waals surface area contributed by atoms with Crippen LogP contribution in [0.25, 0.3) is 0 Å². The maximum Gasteiger partial charge on any atom is 0.387 e. The third-order valence-electron chi connectivity index (χ3n) is 3.77. The standard InChI is InChI=1S/C19H19F2NO4/c1-3-15(14-9-4-5-10-16(14)26-19(20)21)22-17(23)12-7-6-8-13(11-12)18(24)25-2/h4-11,15,19H,3H2,1-2H3,(H,22,23). The lowest BCUT2D eigenvalue weighted by molar-refractivity contribution is -0.0507. The second kappa shape index (κ2) is 8.94. The fourth-order valence-electron chi connectivity index (χ4n) is 2.52. The SMILES string of the molecule is CCC(NC(=O)c1cccc(C(=O)OC)c1)c1ccccc1OC(F)F. The largest absolute Gasteiger partial charge is 0.465 e. The quantitative estimate of drug-likeness (QED) is 0.757. The summed E-state index contributed by atoms with van der Waals surface area (Å²) in [6.45, 7) is -1.14. The number of rotatable bonds is 7. The zero-order chi connectivity index (χ0) is 19.1. The highest BCUT2D eigenvalue weighted by atomic mass is 19.3. The molecule has 0 radical (unpaired) electrons. The molecule has 0 aliphatic carbocycles. The van der Waals surface area contributed by atoms with Crippen LogP contribution in [0.3, 0.4) is 0 Å². The second-order valence-electron chi connectivity index (χ2n) is 5.42. The second-order valence-corrected chi connectivity index (χ2v) is 5.42. The molecule has 2 aromatic rings. The Morgan fingerprint density at radius 1 is 1.08 bits per heavy atom. The number of para-hydroxylation sites is 1. The Kier molecular flexibility index (Phi) is 6.66. The first-order valence-corrected chi connectivity index (χ1v) is 7.99. The van der Waals surface area contributed by atoms with Crippen molar-refractivity contribution >= 4 is 11.9 Å². The average molecular weight is 363 g/mol. The Morgan fingerprint density at radius 3 is 2.42 bits per heavy atom. The average Bonchev–Trinajstić information content (AvgIpc) is 2.65. The van der Waals surface area contributed by atoms with Crippen molar-refractivity contribution in [2.24, 2.45) is 0 Å². The van der Waals surface area contributed by atoms with Crippen molar-refractivity contribution in [1.29, 1.82) is 0 Å². The van der Waals surface area contributed by atoms with Crippen LogP contribution in [0.15, 0.2) is 48.5 Å². The number of carbonyl (C=O) groups excluding carboxylic acids is 2. The lowest BCUT2D eigenvalue weighted by Gasteiger charge is -2.20. The lowest BCUT2D eigenvalue weighted by atomic mass is 10.0. The van der Waals surface area contributed by atoms with Gasteiger partial charge in [-0.25, -0.2) is 4.79 Å². The predicted molar refractivity (Wildman–Crippen MR) is 91.4 cm³/mol. The van der Waals surface area contributed by atoms with E-state index in [2.05, 4.69) is 14.8 Å². The van der Waals surface area contributed by atoms with Crippen molar-refractivity contribution < 1.29 is 27.8 Å². The first kappa shape index (κ1) is 19.4. The van der Waals surface area contributed by atoms with E-state index >= 15 is 0 Å². The van der Waals surface area contributed by atoms with E-state index in [1.807, 2.05) is 6.92 Å². The van der Waals surface area contributed by atoms with E-state index in [9.17, 15) is 18.4 Å². The molecule has 0 aromatic heterocycles. The Hall–Kier alpha value is -2.96. The maximum atomic E-state index is 12.6. The molecule has 1 unspecified atom stereocenters. The Morgan fingerprint density at radius 2 is 1.77 bits per heavy atom. The van der Waals surface area contributed by atoms with Crippen LogP contribution in [0, 0.1) is 0 Å². The summed E-state index contributed by atoms with van der Waals surface area (Å²) < 4.78 is 34.4. The van der Waals surface area contributed by atoms with Crippen molar-refractivity contribution in [2.45, 2.75) is 26.0 Å². The summed E-state index contributed by atoms with van der Waals surface area (Å²) in [4.78, 5) is 24.1. The predicted octanol–water partition coefficient (Wildman–Crippen LogP) is 3.96. The first-order chi connectivity index (χ1) is 12.5. The van der Waals surface area contributed by atoms with Gasteiger partial charge in [-0.2, -0.15) is 8.78 Å². The number of alkyl halides is 2. The highest BCUT2D eigenvalue weighted by Gasteiger charge is 2.20. The minimum absolute atomic E-state index is 0.0120. The van der Waals surface area contributed by atoms with E-state index in [-0.39, 0.29) is 16.9 Å². The molecule has 26 heavy (non-hydrogen) atoms. The molecule has 138 valence electrons. The highest BCUT2D eigenvalue weighted by Crippen LogP contribution is 2.28. The summed E-state index contributed by atoms with van der Waals surface area (Å²) in [5.41, 5.74) is 0.959. The molecule has 0 aliphatic heterocycles. The molecule has 5 nitrogen and oxygen atoms in total. The van der Waals surface area contributed by atoms with Crippen LogP contribution < -0.4 is 10.1 Å². The van der Waals surface area contributed by atoms with Crippen molar-refractivity contribution in [3.05, 3.63) is 65.2 Å². The lowest BCUT2D eigenvalue weighted by Crippen LogP contribution is -2.28. The summed E-state index contributed by atoms with van der Waals surface area (Å²) in [5, 5.41) is 2.78. The van der Waals surface area contributed by atoms with Gasteiger partial charge in [0.25, 0.3) is 5.91 Å². The monoisotopic (exact) mass is 363 g/mol. The number of benzene rings is 2. The third-order valence-corrected chi connectivity index (χ3v) is 3.77. The molecule has 1 N–H and O–H groups in total. The topological polar surface area (TPSA) is 64.6 Å². The normalized spacial score (nSPS) is 11.7. The number of amides is 1. The van der Waals surface area contributed by atoms with Crippen LogP contribution in [0.5, 0.6) is 5.75 Å². The van der Waals surface area contributed by atoms with Crippen molar-refractivity contribution in [1.82, 2.24) is 5.32 Å². The molecule has 0 spiro atoms. The van der Waals surface area contributed by atoms with E-state index in [4.69, 9.17) is 0 Å². The fraction of sp³-hybridized carbons (Fsp3) is 0.263. The molecule has 1 atom stereocenters. The van der Waals surface area contributed by atoms with Gasteiger partial charge in [0.2, 0.25) is 0 Å². The zero-order valence-corrected chi connectivity index (χ0v) is 14.4. The van der Waals surface area contributed by atoms with Gasteiger partial charge in [0, 0.05) is 11.1 Å². The molecular weight excluding hydrogens is 344 g/mol. The number of halogens is 2. The van der Waals surface area contributed by atoms with Gasteiger partial charge in [0.15, 0.2) is 0 Å². The molecule has 0 aliphatic rings. The molecule has 2 rings (SSSR count). The first-order valence-electron chi connectivity index (χ1n) is 7.99. The Bertz CT molecular complexity index is 780. The van der Waals surface area contributed by atoms with E-state index < -0.39 is 24.5 Å². The van der Waals surface area contributed by atoms with Crippen LogP contribution >= 0.6 is 0 Å². The highest BCUT2D eigenvalue weighted by molar-refractivity contribution is 5.98. The Balaban J connectivity index is 2.23. The minimum atomic E-state index is -2.96. The summed E-state index contributed by atoms with van der Waals surface area (Å²) in [7, 11) is 1.25. The number of methoxy groups -OCH3 is 1. The summed E-state index contributed by atoms with van der Waals surface area (Å²) in [6.07, 6.45) is 0.464. The number of ether oxygens (including phenoxy) is 2. The minimum Gasteiger partial charge on any atom is -0.465 e. The van der Waals surface area contributed by atoms with E-state index in [0.717, 1.165) is 0 Å². The molecule has 0 saturated carbocycles. The summed E-state index contributed by atoms with van der Waals surface area (Å²) in [5.74, 6) is -0.977. The summed E-state index contributed by atoms with van der Waals surface area (Å²) in [6, 6.07) is 11.8. The molecule has 7 heteroatoms. The van der Waals surface area contributed by atoms with Gasteiger partial charge >= 0.3 is 12.6 Å². The number of nitrogens with one attached hydrogen (secondary N) is 1. The van der Waals surface area contributed by atoms with Crippen LogP contribution in [0.1, 0.15) is 45.7 Å². The zero-order valence-electron chi connectivity index (χ0n) is 14.4. The van der Waals surface area contributed by atoms with Crippen molar-refractivity contribution in [2.75, 3.05) is 7.11 Å². The number of esters is 1. The van der Waals surface area contributed by atoms with Gasteiger partial charge < -0.3 is 14.8 Å². The maximum absolute atomic E-state index is 12.6. The van der Waals surface area contributed by atoms with Crippen LogP contribution in [-0.2, 0) is 4.74 Å². The van der Waals surface area contributed by atoms with Gasteiger partial charge in [0.05, 0.1) is 18.7 Å². The fourth-order valence-corrected chi connectivity index (χ4v) is 2.52. The van der Waals surface area contributed by atoms with Gasteiger partial charge in [-0.3, -0.25) is 4.79 Å². The van der Waals surface area contributed by atoms with E-state index in [0.29, 0.717) is 12.0 Å². The number of hydrogen-bond donors (Lipinski definition) is 1. The summed E-state index contributed by atoms with van der Waals surface area (Å²) >= 11 is 0. The van der Waals surface area contributed by atoms with Gasteiger partial charge in [-0.05, 0) is 30.7 Å². The smallest absolute Gasteiger partial charge is 0.387 e. The molecule has 2 aromatic carbocycles. The van der Waals surface area contributed by atoms with Crippen molar-refractivity contribution in [3.63, 3.8) is 0 Å². The van der Waals surface area contributed by atoms with Crippen LogP contribution in [-0.4, -0.2) is 25.6 Å². The van der Waals surface area contributed by atoms with E-state index in [1.165, 1.54) is 25.3 Å². The van der Waals surface area contributed by atoms with Gasteiger partial charge in [0.1, 0.15) is 5.75 Å². The van der Waals surface area contributed by atoms with Gasteiger partial charge in [-0.1, -0.05) is 31.2 Å². The molecule has 0 bridgehead atoms. The molecule has 1 amide bonds. The number of hydrogen-bond acceptors (Lipinski definition) is 4. The van der Waals surface area contributed by atoms with E-state index in [1.54, 1.807) is 30.3 Å². The van der Waals surface area contributed by atoms with Crippen LogP contribution in [0.2, 0.25) is 0 Å². The molecule has 0 fully saturated rings. The number of carbonyl (C=O) groups is 2. The van der Waals surface area contributed by atoms with Crippen molar-refractivity contribution in [3.8, 4) is 5.75 Å². The molecule has 0 heterocycles. The van der Waals surface area contributed by atoms with Gasteiger partial charge in [-0.15, -0.1) is 0 Å². The molecule has 0 saturated heterocycles.